The fourth-order valence-corrected chi connectivity index (χ4v) is 3.68. The highest BCUT2D eigenvalue weighted by molar-refractivity contribution is 7.99. The molecule has 2 aromatic carbocycles. The molecule has 1 amide bonds. The van der Waals surface area contributed by atoms with Gasteiger partial charge in [-0.15, -0.1) is 11.8 Å². The van der Waals surface area contributed by atoms with Crippen LogP contribution >= 0.6 is 11.8 Å². The number of anilines is 1. The fraction of sp³-hybridized carbons (Fsp3) is 0.238. The Bertz CT molecular complexity index is 924. The van der Waals surface area contributed by atoms with E-state index in [1.54, 1.807) is 49.1 Å². The van der Waals surface area contributed by atoms with Crippen LogP contribution in [0.4, 0.5) is 10.5 Å². The Hall–Kier alpha value is -2.93. The number of ether oxygens (including phenoxy) is 1. The molecule has 1 heterocycles. The van der Waals surface area contributed by atoms with E-state index < -0.39 is 6.09 Å². The number of nitrogens with one attached hydrogen (secondary N) is 1. The monoisotopic (exact) mass is 398 g/mol. The normalized spacial score (nSPS) is 11.8. The summed E-state index contributed by atoms with van der Waals surface area (Å²) < 4.78 is 10.9. The maximum atomic E-state index is 11.5. The third kappa shape index (κ3) is 4.67. The molecule has 1 aromatic heterocycles. The van der Waals surface area contributed by atoms with Gasteiger partial charge >= 0.3 is 6.09 Å². The summed E-state index contributed by atoms with van der Waals surface area (Å²) in [6, 6.07) is 14.4. The van der Waals surface area contributed by atoms with Gasteiger partial charge in [0.15, 0.2) is 5.76 Å². The highest BCUT2D eigenvalue weighted by atomic mass is 32.2. The molecule has 2 N–H and O–H groups in total. The minimum Gasteiger partial charge on any atom is -0.508 e. The fourth-order valence-electron chi connectivity index (χ4n) is 2.72. The summed E-state index contributed by atoms with van der Waals surface area (Å²) in [5.74, 6) is 2.24. The molecule has 7 heteroatoms. The molecule has 0 bridgehead atoms. The second-order valence-corrected chi connectivity index (χ2v) is 7.26. The molecule has 3 aromatic rings. The second-order valence-electron chi connectivity index (χ2n) is 5.88. The molecule has 0 radical (unpaired) electrons. The molecule has 28 heavy (non-hydrogen) atoms. The maximum Gasteiger partial charge on any atom is 0.411 e. The van der Waals surface area contributed by atoms with Crippen LogP contribution in [0.2, 0.25) is 0 Å². The summed E-state index contributed by atoms with van der Waals surface area (Å²) in [6.45, 7) is 4.12. The van der Waals surface area contributed by atoms with Crippen molar-refractivity contribution in [3.8, 4) is 17.1 Å². The molecule has 3 rings (SSSR count). The Balaban J connectivity index is 1.80. The molecule has 0 spiro atoms. The van der Waals surface area contributed by atoms with Gasteiger partial charge in [0.1, 0.15) is 11.0 Å². The number of rotatable bonds is 7. The van der Waals surface area contributed by atoms with E-state index in [4.69, 9.17) is 9.15 Å². The summed E-state index contributed by atoms with van der Waals surface area (Å²) in [5, 5.41) is 12.7. The van der Waals surface area contributed by atoms with Gasteiger partial charge in [-0.1, -0.05) is 25.1 Å². The maximum absolute atomic E-state index is 11.5. The van der Waals surface area contributed by atoms with E-state index in [1.165, 1.54) is 0 Å². The second kappa shape index (κ2) is 9.32. The lowest BCUT2D eigenvalue weighted by molar-refractivity contribution is 0.168. The number of carbonyl (C=O) groups excluding carboxylic acids is 1. The molecule has 0 aliphatic rings. The zero-order valence-electron chi connectivity index (χ0n) is 15.7. The first-order valence-electron chi connectivity index (χ1n) is 9.01. The largest absolute Gasteiger partial charge is 0.508 e. The van der Waals surface area contributed by atoms with Crippen LogP contribution in [0.3, 0.4) is 0 Å². The van der Waals surface area contributed by atoms with Crippen molar-refractivity contribution in [2.45, 2.75) is 19.1 Å². The summed E-state index contributed by atoms with van der Waals surface area (Å²) in [5.41, 5.74) is 2.25. The number of carbonyl (C=O) groups is 1. The zero-order chi connectivity index (χ0) is 19.9. The lowest BCUT2D eigenvalue weighted by atomic mass is 10.1. The van der Waals surface area contributed by atoms with Crippen molar-refractivity contribution in [3.63, 3.8) is 0 Å². The molecule has 6 nitrogen and oxygen atoms in total. The first-order valence-corrected chi connectivity index (χ1v) is 10.1. The number of oxazole rings is 1. The van der Waals surface area contributed by atoms with Gasteiger partial charge in [-0.25, -0.2) is 9.78 Å². The van der Waals surface area contributed by atoms with Crippen molar-refractivity contribution in [1.29, 1.82) is 0 Å². The third-order valence-corrected chi connectivity index (χ3v) is 5.11. The highest BCUT2D eigenvalue weighted by Crippen LogP contribution is 2.40. The average molecular weight is 398 g/mol. The average Bonchev–Trinajstić information content (AvgIpc) is 3.17. The van der Waals surface area contributed by atoms with Crippen LogP contribution in [0, 0.1) is 0 Å². The van der Waals surface area contributed by atoms with Crippen LogP contribution in [0.25, 0.3) is 11.3 Å². The molecule has 0 saturated carbocycles. The smallest absolute Gasteiger partial charge is 0.411 e. The van der Waals surface area contributed by atoms with E-state index in [-0.39, 0.29) is 11.0 Å². The number of para-hydroxylation sites is 1. The van der Waals surface area contributed by atoms with Crippen LogP contribution in [0.5, 0.6) is 5.75 Å². The van der Waals surface area contributed by atoms with Gasteiger partial charge in [0.25, 0.3) is 0 Å². The Morgan fingerprint density at radius 1 is 1.21 bits per heavy atom. The van der Waals surface area contributed by atoms with E-state index in [1.807, 2.05) is 24.3 Å². The van der Waals surface area contributed by atoms with Crippen molar-refractivity contribution in [3.05, 3.63) is 66.2 Å². The molecule has 0 aliphatic heterocycles. The number of thioether (sulfide) groups is 1. The Labute approximate surface area is 167 Å². The van der Waals surface area contributed by atoms with Crippen LogP contribution in [0.15, 0.2) is 59.1 Å². The van der Waals surface area contributed by atoms with Gasteiger partial charge in [-0.3, -0.25) is 5.32 Å². The van der Waals surface area contributed by atoms with Crippen LogP contribution in [-0.4, -0.2) is 28.5 Å². The number of aromatic hydroxyl groups is 1. The van der Waals surface area contributed by atoms with Gasteiger partial charge < -0.3 is 14.3 Å². The molecule has 146 valence electrons. The molecule has 1 unspecified atom stereocenters. The van der Waals surface area contributed by atoms with Crippen molar-refractivity contribution in [2.75, 3.05) is 17.7 Å². The summed E-state index contributed by atoms with van der Waals surface area (Å²) in [7, 11) is 0. The molecule has 0 saturated heterocycles. The van der Waals surface area contributed by atoms with Gasteiger partial charge in [0.2, 0.25) is 5.89 Å². The Morgan fingerprint density at radius 3 is 2.64 bits per heavy atom. The minimum atomic E-state index is -0.487. The lowest BCUT2D eigenvalue weighted by Gasteiger charge is -2.14. The number of phenolic OH excluding ortho intramolecular Hbond substituents is 1. The van der Waals surface area contributed by atoms with E-state index in [2.05, 4.69) is 17.2 Å². The van der Waals surface area contributed by atoms with E-state index in [0.717, 1.165) is 16.9 Å². The SMILES string of the molecule is CCOC(=O)Nc1ccc(-c2cnc(C(SCC)c3ccccc3O)o2)cc1. The Kier molecular flexibility index (Phi) is 6.60. The number of nitrogens with zero attached hydrogens (tertiary/aromatic N) is 1. The van der Waals surface area contributed by atoms with Gasteiger partial charge in [-0.05, 0) is 43.0 Å². The topological polar surface area (TPSA) is 84.6 Å². The number of aromatic nitrogens is 1. The van der Waals surface area contributed by atoms with E-state index >= 15 is 0 Å². The molecule has 0 fully saturated rings. The number of phenols is 1. The number of amides is 1. The minimum absolute atomic E-state index is 0.190. The van der Waals surface area contributed by atoms with Crippen molar-refractivity contribution >= 4 is 23.5 Å². The van der Waals surface area contributed by atoms with Gasteiger partial charge in [-0.2, -0.15) is 0 Å². The number of hydrogen-bond donors (Lipinski definition) is 2. The van der Waals surface area contributed by atoms with E-state index in [9.17, 15) is 9.90 Å². The standard InChI is InChI=1S/C21H22N2O4S/c1-3-26-21(25)23-15-11-9-14(10-12-15)18-13-22-20(27-18)19(28-4-2)16-7-5-6-8-17(16)24/h5-13,19,24H,3-4H2,1-2H3,(H,23,25). The van der Waals surface area contributed by atoms with E-state index in [0.29, 0.717) is 23.9 Å². The zero-order valence-corrected chi connectivity index (χ0v) is 16.5. The number of hydrogen-bond acceptors (Lipinski definition) is 6. The summed E-state index contributed by atoms with van der Waals surface area (Å²) >= 11 is 1.64. The summed E-state index contributed by atoms with van der Waals surface area (Å²) in [6.07, 6.45) is 1.19. The molecular formula is C21H22N2O4S. The third-order valence-electron chi connectivity index (χ3n) is 3.99. The predicted octanol–water partition coefficient (Wildman–Crippen LogP) is 5.46. The van der Waals surface area contributed by atoms with Gasteiger partial charge in [0, 0.05) is 16.8 Å². The van der Waals surface area contributed by atoms with Crippen molar-refractivity contribution in [2.24, 2.45) is 0 Å². The highest BCUT2D eigenvalue weighted by Gasteiger charge is 2.22. The van der Waals surface area contributed by atoms with Crippen molar-refractivity contribution in [1.82, 2.24) is 4.98 Å². The molecular weight excluding hydrogens is 376 g/mol. The van der Waals surface area contributed by atoms with Crippen molar-refractivity contribution < 1.29 is 19.1 Å². The first kappa shape index (κ1) is 19.8. The lowest BCUT2D eigenvalue weighted by Crippen LogP contribution is -2.12. The number of benzene rings is 2. The van der Waals surface area contributed by atoms with Crippen LogP contribution in [-0.2, 0) is 4.74 Å². The quantitative estimate of drug-likeness (QED) is 0.550. The van der Waals surface area contributed by atoms with Crippen LogP contribution in [0.1, 0.15) is 30.6 Å². The molecule has 0 aliphatic carbocycles. The van der Waals surface area contributed by atoms with Crippen LogP contribution < -0.4 is 5.32 Å². The predicted molar refractivity (Wildman–Crippen MR) is 111 cm³/mol. The Morgan fingerprint density at radius 2 is 1.96 bits per heavy atom. The summed E-state index contributed by atoms with van der Waals surface area (Å²) in [4.78, 5) is 15.9. The molecule has 1 atom stereocenters. The first-order chi connectivity index (χ1) is 13.6. The van der Waals surface area contributed by atoms with Gasteiger partial charge in [0.05, 0.1) is 12.8 Å².